The molecule has 1 aromatic heterocycles. The lowest BCUT2D eigenvalue weighted by atomic mass is 9.98. The Labute approximate surface area is 242 Å². The van der Waals surface area contributed by atoms with Crippen molar-refractivity contribution in [2.45, 2.75) is 63.9 Å². The number of amides is 1. The van der Waals surface area contributed by atoms with Crippen molar-refractivity contribution in [2.75, 3.05) is 32.6 Å². The largest absolute Gasteiger partial charge is 0.462 e. The van der Waals surface area contributed by atoms with Gasteiger partial charge in [0.1, 0.15) is 29.8 Å². The first kappa shape index (κ1) is 33.3. The third-order valence-corrected chi connectivity index (χ3v) is 7.61. The molecule has 1 aromatic carbocycles. The molecular weight excluding hydrogens is 576 g/mol. The molecule has 3 N–H and O–H groups in total. The van der Waals surface area contributed by atoms with Crippen molar-refractivity contribution >= 4 is 25.4 Å². The fourth-order valence-electron chi connectivity index (χ4n) is 3.99. The molecule has 1 aliphatic heterocycles. The second-order valence-electron chi connectivity index (χ2n) is 10.4. The Bertz CT molecular complexity index is 1340. The topological polar surface area (TPSA) is 171 Å². The summed E-state index contributed by atoms with van der Waals surface area (Å²) in [5.74, 6) is -1.02. The minimum Gasteiger partial charge on any atom is -0.462 e. The van der Waals surface area contributed by atoms with Crippen LogP contribution in [0, 0.1) is 0 Å². The van der Waals surface area contributed by atoms with Gasteiger partial charge in [0.25, 0.3) is 0 Å². The summed E-state index contributed by atoms with van der Waals surface area (Å²) in [6.45, 7) is 5.14. The Kier molecular flexibility index (Phi) is 11.0. The highest BCUT2D eigenvalue weighted by molar-refractivity contribution is 7.52. The average Bonchev–Trinajstić information content (AvgIpc) is 3.10. The first-order valence-corrected chi connectivity index (χ1v) is 14.7. The van der Waals surface area contributed by atoms with Crippen LogP contribution in [0.25, 0.3) is 0 Å². The molecule has 0 saturated carbocycles. The predicted molar refractivity (Wildman–Crippen MR) is 150 cm³/mol. The molecule has 16 heteroatoms. The van der Waals surface area contributed by atoms with Crippen molar-refractivity contribution in [3.63, 3.8) is 0 Å². The molecule has 0 radical (unpaired) electrons. The van der Waals surface area contributed by atoms with Gasteiger partial charge in [-0.2, -0.15) is 10.1 Å². The number of rotatable bonds is 13. The number of hydrogen-bond acceptors (Lipinski definition) is 11. The van der Waals surface area contributed by atoms with Crippen LogP contribution in [0.15, 0.2) is 47.4 Å². The van der Waals surface area contributed by atoms with Gasteiger partial charge >= 0.3 is 19.4 Å². The Morgan fingerprint density at radius 3 is 2.50 bits per heavy atom. The van der Waals surface area contributed by atoms with Crippen LogP contribution in [0.2, 0.25) is 0 Å². The number of halogens is 1. The monoisotopic (exact) mass is 613 g/mol. The standard InChI is InChI=1S/C26H37FN5O9P/c1-16(2)39-23(35)17(3)30-42(37,41-18-10-8-7-9-11-18)38-15-19-22(34)26(4,27)24(40-19)32-13-12-20(29-25(32)36)28-21(33)14-31(5)6/h7-13,16-17,19,22,24,34H,14-15H2,1-6H3,(H,30,37)(H,28,29,33,36)/t17-,19+,22+,24+,26+,42-/m0/s1. The van der Waals surface area contributed by atoms with Crippen molar-refractivity contribution in [2.24, 2.45) is 0 Å². The van der Waals surface area contributed by atoms with E-state index in [4.69, 9.17) is 18.5 Å². The van der Waals surface area contributed by atoms with Crippen LogP contribution in [0.1, 0.15) is 33.9 Å². The van der Waals surface area contributed by atoms with Gasteiger partial charge in [0.15, 0.2) is 11.9 Å². The van der Waals surface area contributed by atoms with E-state index in [1.54, 1.807) is 51.0 Å². The van der Waals surface area contributed by atoms with Crippen LogP contribution in [-0.4, -0.2) is 88.7 Å². The highest BCUT2D eigenvalue weighted by atomic mass is 31.2. The fraction of sp³-hybridized carbons (Fsp3) is 0.538. The molecule has 1 saturated heterocycles. The molecule has 6 atom stereocenters. The van der Waals surface area contributed by atoms with Crippen LogP contribution in [-0.2, 0) is 28.2 Å². The zero-order valence-electron chi connectivity index (χ0n) is 24.2. The Balaban J connectivity index is 1.77. The smallest absolute Gasteiger partial charge is 0.459 e. The van der Waals surface area contributed by atoms with Gasteiger partial charge in [-0.3, -0.25) is 18.7 Å². The summed E-state index contributed by atoms with van der Waals surface area (Å²) >= 11 is 0. The van der Waals surface area contributed by atoms with Crippen LogP contribution >= 0.6 is 7.75 Å². The molecular formula is C26H37FN5O9P. The highest BCUT2D eigenvalue weighted by Gasteiger charge is 2.56. The highest BCUT2D eigenvalue weighted by Crippen LogP contribution is 2.47. The number of alkyl halides is 1. The van der Waals surface area contributed by atoms with E-state index in [0.717, 1.165) is 11.5 Å². The molecule has 14 nitrogen and oxygen atoms in total. The van der Waals surface area contributed by atoms with Crippen molar-refractivity contribution in [1.29, 1.82) is 0 Å². The zero-order chi connectivity index (χ0) is 31.2. The molecule has 232 valence electrons. The fourth-order valence-corrected chi connectivity index (χ4v) is 5.49. The molecule has 0 aliphatic carbocycles. The maximum Gasteiger partial charge on any atom is 0.459 e. The zero-order valence-corrected chi connectivity index (χ0v) is 25.1. The number of likely N-dealkylation sites (N-methyl/N-ethyl adjacent to an activating group) is 1. The summed E-state index contributed by atoms with van der Waals surface area (Å²) in [7, 11) is -0.947. The van der Waals surface area contributed by atoms with Crippen LogP contribution in [0.5, 0.6) is 5.75 Å². The number of aromatic nitrogens is 2. The van der Waals surface area contributed by atoms with Crippen molar-refractivity contribution < 1.29 is 42.2 Å². The average molecular weight is 614 g/mol. The van der Waals surface area contributed by atoms with Crippen molar-refractivity contribution in [3.05, 3.63) is 53.1 Å². The van der Waals surface area contributed by atoms with Gasteiger partial charge < -0.3 is 29.3 Å². The number of benzene rings is 1. The lowest BCUT2D eigenvalue weighted by Crippen LogP contribution is -2.43. The number of esters is 1. The molecule has 2 heterocycles. The molecule has 1 aliphatic rings. The summed E-state index contributed by atoms with van der Waals surface area (Å²) in [5.41, 5.74) is -3.46. The molecule has 0 spiro atoms. The van der Waals surface area contributed by atoms with E-state index >= 15 is 4.39 Å². The van der Waals surface area contributed by atoms with Gasteiger partial charge in [0.05, 0.1) is 19.3 Å². The molecule has 1 amide bonds. The van der Waals surface area contributed by atoms with E-state index in [1.807, 2.05) is 0 Å². The van der Waals surface area contributed by atoms with Crippen molar-refractivity contribution in [1.82, 2.24) is 19.5 Å². The van der Waals surface area contributed by atoms with Gasteiger partial charge in [-0.05, 0) is 60.0 Å². The summed E-state index contributed by atoms with van der Waals surface area (Å²) in [6.07, 6.45) is -4.15. The van der Waals surface area contributed by atoms with Gasteiger partial charge in [-0.25, -0.2) is 13.8 Å². The lowest BCUT2D eigenvalue weighted by molar-refractivity contribution is -0.149. The minimum atomic E-state index is -4.34. The van der Waals surface area contributed by atoms with E-state index in [-0.39, 0.29) is 18.1 Å². The van der Waals surface area contributed by atoms with Crippen LogP contribution in [0.3, 0.4) is 0 Å². The molecule has 3 rings (SSSR count). The van der Waals surface area contributed by atoms with E-state index in [0.29, 0.717) is 0 Å². The number of nitrogens with one attached hydrogen (secondary N) is 2. The van der Waals surface area contributed by atoms with Gasteiger partial charge in [0, 0.05) is 6.20 Å². The molecule has 42 heavy (non-hydrogen) atoms. The third kappa shape index (κ3) is 8.66. The maximum atomic E-state index is 15.8. The Morgan fingerprint density at radius 2 is 1.90 bits per heavy atom. The number of ether oxygens (including phenoxy) is 2. The Hall–Kier alpha value is -3.20. The number of aliphatic hydroxyl groups excluding tert-OH is 1. The first-order valence-electron chi connectivity index (χ1n) is 13.1. The third-order valence-electron chi connectivity index (χ3n) is 5.96. The van der Waals surface area contributed by atoms with Crippen molar-refractivity contribution in [3.8, 4) is 5.75 Å². The number of carbonyl (C=O) groups is 2. The predicted octanol–water partition coefficient (Wildman–Crippen LogP) is 1.86. The number of nitrogens with zero attached hydrogens (tertiary/aromatic N) is 3. The first-order chi connectivity index (χ1) is 19.6. The second kappa shape index (κ2) is 13.8. The van der Waals surface area contributed by atoms with Crippen LogP contribution in [0.4, 0.5) is 10.2 Å². The van der Waals surface area contributed by atoms with Crippen LogP contribution < -0.4 is 20.6 Å². The maximum absolute atomic E-state index is 15.8. The normalized spacial score (nSPS) is 24.3. The quantitative estimate of drug-likeness (QED) is 0.222. The second-order valence-corrected chi connectivity index (χ2v) is 12.1. The molecule has 1 fully saturated rings. The Morgan fingerprint density at radius 1 is 1.24 bits per heavy atom. The summed E-state index contributed by atoms with van der Waals surface area (Å²) in [6, 6.07) is 8.15. The summed E-state index contributed by atoms with van der Waals surface area (Å²) in [5, 5.41) is 15.7. The molecule has 0 bridgehead atoms. The molecule has 2 aromatic rings. The van der Waals surface area contributed by atoms with E-state index < -0.39 is 68.2 Å². The van der Waals surface area contributed by atoms with Gasteiger partial charge in [-0.15, -0.1) is 0 Å². The van der Waals surface area contributed by atoms with Gasteiger partial charge in [-0.1, -0.05) is 18.2 Å². The number of carbonyl (C=O) groups excluding carboxylic acids is 2. The number of hydrogen-bond donors (Lipinski definition) is 3. The SMILES string of the molecule is CC(C)OC(=O)[C@H](C)N[P@](=O)(OC[C@H]1O[C@@H](n2ccc(NC(=O)CN(C)C)nc2=O)[C@](C)(F)[C@@H]1O)Oc1ccccc1. The number of anilines is 1. The van der Waals surface area contributed by atoms with Gasteiger partial charge in [0.2, 0.25) is 5.91 Å². The van der Waals surface area contributed by atoms with E-state index in [2.05, 4.69) is 15.4 Å². The van der Waals surface area contributed by atoms with E-state index in [1.165, 1.54) is 31.3 Å². The number of para-hydroxylation sites is 1. The summed E-state index contributed by atoms with van der Waals surface area (Å²) in [4.78, 5) is 42.4. The lowest BCUT2D eigenvalue weighted by Gasteiger charge is -2.25. The number of aliphatic hydroxyl groups is 1. The van der Waals surface area contributed by atoms with E-state index in [9.17, 15) is 24.1 Å². The molecule has 0 unspecified atom stereocenters. The minimum absolute atomic E-state index is 0.0442. The summed E-state index contributed by atoms with van der Waals surface area (Å²) < 4.78 is 52.2.